The van der Waals surface area contributed by atoms with Gasteiger partial charge in [0.25, 0.3) is 0 Å². The second kappa shape index (κ2) is 12.5. The summed E-state index contributed by atoms with van der Waals surface area (Å²) in [5.41, 5.74) is 1.35. The molecule has 0 aromatic carbocycles. The highest BCUT2D eigenvalue weighted by Crippen LogP contribution is 2.27. The Labute approximate surface area is 172 Å². The van der Waals surface area contributed by atoms with Crippen LogP contribution >= 0.6 is 35.3 Å². The van der Waals surface area contributed by atoms with Gasteiger partial charge in [-0.3, -0.25) is 9.79 Å². The third kappa shape index (κ3) is 8.40. The van der Waals surface area contributed by atoms with Crippen molar-refractivity contribution in [2.75, 3.05) is 26.7 Å². The van der Waals surface area contributed by atoms with Gasteiger partial charge in [-0.2, -0.15) is 11.3 Å². The van der Waals surface area contributed by atoms with Crippen LogP contribution in [0, 0.1) is 5.92 Å². The Balaban J connectivity index is 0.00000312. The highest BCUT2D eigenvalue weighted by Gasteiger charge is 2.17. The number of nitrogens with zero attached hydrogens (tertiary/aromatic N) is 1. The number of carbonyl (C=O) groups excluding carboxylic acids is 1. The fourth-order valence-electron chi connectivity index (χ4n) is 3.08. The molecule has 1 unspecified atom stereocenters. The molecule has 0 spiro atoms. The van der Waals surface area contributed by atoms with E-state index in [9.17, 15) is 4.79 Å². The number of hydrogen-bond acceptors (Lipinski definition) is 3. The van der Waals surface area contributed by atoms with E-state index in [-0.39, 0.29) is 29.9 Å². The number of halogens is 1. The lowest BCUT2D eigenvalue weighted by Gasteiger charge is -2.16. The van der Waals surface area contributed by atoms with E-state index in [1.165, 1.54) is 31.2 Å². The van der Waals surface area contributed by atoms with E-state index in [4.69, 9.17) is 0 Å². The van der Waals surface area contributed by atoms with Crippen LogP contribution in [-0.2, 0) is 4.79 Å². The van der Waals surface area contributed by atoms with Crippen LogP contribution in [-0.4, -0.2) is 38.5 Å². The van der Waals surface area contributed by atoms with Crippen molar-refractivity contribution in [3.05, 3.63) is 22.4 Å². The number of rotatable bonds is 8. The fraction of sp³-hybridized carbons (Fsp3) is 0.667. The highest BCUT2D eigenvalue weighted by atomic mass is 127. The van der Waals surface area contributed by atoms with Crippen LogP contribution in [0.5, 0.6) is 0 Å². The predicted octanol–water partition coefficient (Wildman–Crippen LogP) is 3.33. The van der Waals surface area contributed by atoms with Crippen LogP contribution in [0.25, 0.3) is 0 Å². The van der Waals surface area contributed by atoms with E-state index in [0.29, 0.717) is 31.3 Å². The third-order valence-electron chi connectivity index (χ3n) is 4.60. The largest absolute Gasteiger partial charge is 0.356 e. The van der Waals surface area contributed by atoms with Crippen molar-refractivity contribution < 1.29 is 4.79 Å². The van der Waals surface area contributed by atoms with Gasteiger partial charge in [-0.05, 0) is 47.1 Å². The van der Waals surface area contributed by atoms with Crippen molar-refractivity contribution in [1.29, 1.82) is 0 Å². The maximum Gasteiger partial charge on any atom is 0.220 e. The van der Waals surface area contributed by atoms with Gasteiger partial charge in [-0.15, -0.1) is 24.0 Å². The molecule has 142 valence electrons. The van der Waals surface area contributed by atoms with E-state index in [0.717, 1.165) is 12.5 Å². The second-order valence-electron chi connectivity index (χ2n) is 6.54. The van der Waals surface area contributed by atoms with Gasteiger partial charge < -0.3 is 16.0 Å². The van der Waals surface area contributed by atoms with Gasteiger partial charge in [0.05, 0.1) is 0 Å². The minimum atomic E-state index is 0. The minimum absolute atomic E-state index is 0. The molecule has 1 aliphatic carbocycles. The summed E-state index contributed by atoms with van der Waals surface area (Å²) in [5.74, 6) is 2.01. The first-order valence-corrected chi connectivity index (χ1v) is 9.86. The molecule has 1 aliphatic rings. The number of amides is 1. The SMILES string of the molecule is CN=C(NCCNC(=O)CC1CCCC1)NCC(C)c1ccsc1.I. The average molecular weight is 478 g/mol. The van der Waals surface area contributed by atoms with Gasteiger partial charge in [0, 0.05) is 33.1 Å². The predicted molar refractivity (Wildman–Crippen MR) is 117 cm³/mol. The Bertz CT molecular complexity index is 515. The number of hydrogen-bond donors (Lipinski definition) is 3. The summed E-state index contributed by atoms with van der Waals surface area (Å²) in [5, 5.41) is 13.9. The van der Waals surface area contributed by atoms with Gasteiger partial charge in [0.15, 0.2) is 5.96 Å². The molecule has 1 amide bonds. The molecule has 3 N–H and O–H groups in total. The molecule has 1 aromatic heterocycles. The molecule has 1 atom stereocenters. The number of guanidine groups is 1. The van der Waals surface area contributed by atoms with E-state index in [1.54, 1.807) is 18.4 Å². The molecular weight excluding hydrogens is 447 g/mol. The zero-order chi connectivity index (χ0) is 17.2. The van der Waals surface area contributed by atoms with Gasteiger partial charge >= 0.3 is 0 Å². The lowest BCUT2D eigenvalue weighted by molar-refractivity contribution is -0.121. The topological polar surface area (TPSA) is 65.5 Å². The van der Waals surface area contributed by atoms with Gasteiger partial charge in [0.2, 0.25) is 5.91 Å². The molecule has 1 aromatic rings. The first kappa shape index (κ1) is 22.2. The molecule has 0 saturated heterocycles. The summed E-state index contributed by atoms with van der Waals surface area (Å²) >= 11 is 1.72. The smallest absolute Gasteiger partial charge is 0.220 e. The number of nitrogens with one attached hydrogen (secondary N) is 3. The van der Waals surface area contributed by atoms with Gasteiger partial charge in [-0.1, -0.05) is 19.8 Å². The third-order valence-corrected chi connectivity index (χ3v) is 5.30. The Kier molecular flexibility index (Phi) is 11.1. The quantitative estimate of drug-likeness (QED) is 0.233. The molecule has 25 heavy (non-hydrogen) atoms. The number of thiophene rings is 1. The molecule has 5 nitrogen and oxygen atoms in total. The van der Waals surface area contributed by atoms with Crippen LogP contribution in [0.2, 0.25) is 0 Å². The minimum Gasteiger partial charge on any atom is -0.356 e. The molecule has 2 rings (SSSR count). The zero-order valence-corrected chi connectivity index (χ0v) is 18.4. The molecule has 1 heterocycles. The van der Waals surface area contributed by atoms with Crippen LogP contribution in [0.15, 0.2) is 21.8 Å². The maximum atomic E-state index is 11.9. The zero-order valence-electron chi connectivity index (χ0n) is 15.2. The molecule has 0 aliphatic heterocycles. The van der Waals surface area contributed by atoms with E-state index in [2.05, 4.69) is 44.7 Å². The molecule has 0 radical (unpaired) electrons. The summed E-state index contributed by atoms with van der Waals surface area (Å²) in [7, 11) is 1.77. The Morgan fingerprint density at radius 3 is 2.64 bits per heavy atom. The van der Waals surface area contributed by atoms with Crippen molar-refractivity contribution in [3.63, 3.8) is 0 Å². The van der Waals surface area contributed by atoms with E-state index >= 15 is 0 Å². The molecule has 7 heteroatoms. The van der Waals surface area contributed by atoms with Crippen molar-refractivity contribution in [1.82, 2.24) is 16.0 Å². The summed E-state index contributed by atoms with van der Waals surface area (Å²) in [6.07, 6.45) is 5.68. The number of aliphatic imine (C=N–C) groups is 1. The Morgan fingerprint density at radius 1 is 1.28 bits per heavy atom. The summed E-state index contributed by atoms with van der Waals surface area (Å²) < 4.78 is 0. The molecule has 1 saturated carbocycles. The molecule has 0 bridgehead atoms. The number of carbonyl (C=O) groups is 1. The van der Waals surface area contributed by atoms with Crippen molar-refractivity contribution in [2.24, 2.45) is 10.9 Å². The maximum absolute atomic E-state index is 11.9. The Hall–Kier alpha value is -0.830. The lowest BCUT2D eigenvalue weighted by Crippen LogP contribution is -2.42. The highest BCUT2D eigenvalue weighted by molar-refractivity contribution is 14.0. The van der Waals surface area contributed by atoms with Crippen LogP contribution < -0.4 is 16.0 Å². The molecule has 1 fully saturated rings. The van der Waals surface area contributed by atoms with Crippen LogP contribution in [0.3, 0.4) is 0 Å². The van der Waals surface area contributed by atoms with Crippen LogP contribution in [0.4, 0.5) is 0 Å². The summed E-state index contributed by atoms with van der Waals surface area (Å²) in [6.45, 7) is 4.35. The first-order chi connectivity index (χ1) is 11.7. The second-order valence-corrected chi connectivity index (χ2v) is 7.32. The lowest BCUT2D eigenvalue weighted by atomic mass is 10.0. The monoisotopic (exact) mass is 478 g/mol. The van der Waals surface area contributed by atoms with E-state index < -0.39 is 0 Å². The normalized spacial score (nSPS) is 16.2. The first-order valence-electron chi connectivity index (χ1n) is 8.92. The average Bonchev–Trinajstić information content (AvgIpc) is 3.27. The summed E-state index contributed by atoms with van der Waals surface area (Å²) in [6, 6.07) is 2.16. The van der Waals surface area contributed by atoms with Crippen molar-refractivity contribution in [2.45, 2.75) is 44.9 Å². The van der Waals surface area contributed by atoms with Crippen LogP contribution in [0.1, 0.15) is 50.5 Å². The van der Waals surface area contributed by atoms with Crippen molar-refractivity contribution in [3.8, 4) is 0 Å². The summed E-state index contributed by atoms with van der Waals surface area (Å²) in [4.78, 5) is 16.1. The van der Waals surface area contributed by atoms with E-state index in [1.807, 2.05) is 0 Å². The standard InChI is InChI=1S/C18H30N4OS.HI/c1-14(16-7-10-24-13-16)12-22-18(19-2)21-9-8-20-17(23)11-15-5-3-4-6-15;/h7,10,13-15H,3-6,8-9,11-12H2,1-2H3,(H,20,23)(H2,19,21,22);1H. The van der Waals surface area contributed by atoms with Crippen molar-refractivity contribution >= 4 is 47.2 Å². The van der Waals surface area contributed by atoms with Gasteiger partial charge in [0.1, 0.15) is 0 Å². The fourth-order valence-corrected chi connectivity index (χ4v) is 3.86. The molecular formula is C18H31IN4OS. The van der Waals surface area contributed by atoms with Gasteiger partial charge in [-0.25, -0.2) is 0 Å². The Morgan fingerprint density at radius 2 is 2.00 bits per heavy atom.